The maximum absolute atomic E-state index is 3.52. The molecule has 1 aliphatic rings. The number of hydrogen-bond donors (Lipinski definition) is 0. The molecular weight excluding hydrogens is 372 g/mol. The molecule has 0 radical (unpaired) electrons. The van der Waals surface area contributed by atoms with Gasteiger partial charge in [-0.25, -0.2) is 0 Å². The van der Waals surface area contributed by atoms with Gasteiger partial charge < -0.3 is 0 Å². The maximum Gasteiger partial charge on any atom is 0.0787 e. The van der Waals surface area contributed by atoms with Crippen LogP contribution in [0.3, 0.4) is 0 Å². The van der Waals surface area contributed by atoms with E-state index in [0.29, 0.717) is 0 Å². The SMILES string of the molecule is CCCCC1(CCCC)c2cc(C)sc2-c2sc(C#CS(C)(C)C)cc21. The molecule has 0 N–H and O–H groups in total. The molecule has 0 atom stereocenters. The molecule has 0 saturated carbocycles. The lowest BCUT2D eigenvalue weighted by Gasteiger charge is -2.31. The standard InChI is InChI=1S/C23H32S3/c1-7-9-12-23(13-10-8-2)19-15-17(3)24-21(19)22-20(23)16-18(25-22)11-14-26(4,5)6/h15-16H,7-10,12-13H2,1-6H3. The molecule has 0 saturated heterocycles. The summed E-state index contributed by atoms with van der Waals surface area (Å²) in [7, 11) is -0.780. The van der Waals surface area contributed by atoms with Crippen molar-refractivity contribution in [1.82, 2.24) is 0 Å². The second-order valence-electron chi connectivity index (χ2n) is 8.31. The van der Waals surface area contributed by atoms with Crippen LogP contribution in [-0.2, 0) is 5.41 Å². The summed E-state index contributed by atoms with van der Waals surface area (Å²) in [6.45, 7) is 6.91. The van der Waals surface area contributed by atoms with Crippen LogP contribution in [0.4, 0.5) is 0 Å². The minimum absolute atomic E-state index is 0.243. The Morgan fingerprint density at radius 1 is 0.923 bits per heavy atom. The van der Waals surface area contributed by atoms with E-state index in [1.54, 1.807) is 16.0 Å². The first-order valence-corrected chi connectivity index (χ1v) is 14.3. The third-order valence-corrected chi connectivity index (χ3v) is 8.20. The smallest absolute Gasteiger partial charge is 0.0787 e. The molecule has 3 rings (SSSR count). The van der Waals surface area contributed by atoms with Crippen LogP contribution in [0.15, 0.2) is 12.1 Å². The Bertz CT molecular complexity index is 825. The molecule has 0 spiro atoms. The summed E-state index contributed by atoms with van der Waals surface area (Å²) >= 11 is 3.93. The van der Waals surface area contributed by atoms with E-state index in [-0.39, 0.29) is 5.41 Å². The van der Waals surface area contributed by atoms with Gasteiger partial charge in [0.1, 0.15) is 0 Å². The lowest BCUT2D eigenvalue weighted by Crippen LogP contribution is -2.24. The van der Waals surface area contributed by atoms with E-state index in [9.17, 15) is 0 Å². The van der Waals surface area contributed by atoms with Crippen molar-refractivity contribution < 1.29 is 0 Å². The van der Waals surface area contributed by atoms with E-state index in [0.717, 1.165) is 0 Å². The van der Waals surface area contributed by atoms with Gasteiger partial charge in [0.25, 0.3) is 0 Å². The van der Waals surface area contributed by atoms with Crippen LogP contribution in [0, 0.1) is 18.1 Å². The van der Waals surface area contributed by atoms with Gasteiger partial charge in [-0.2, -0.15) is 10.0 Å². The van der Waals surface area contributed by atoms with Gasteiger partial charge in [-0.3, -0.25) is 0 Å². The topological polar surface area (TPSA) is 0 Å². The van der Waals surface area contributed by atoms with Gasteiger partial charge in [0.2, 0.25) is 0 Å². The highest BCUT2D eigenvalue weighted by Crippen LogP contribution is 2.59. The predicted molar refractivity (Wildman–Crippen MR) is 124 cm³/mol. The molecule has 0 nitrogen and oxygen atoms in total. The molecule has 0 bridgehead atoms. The van der Waals surface area contributed by atoms with Gasteiger partial charge in [0.15, 0.2) is 0 Å². The third kappa shape index (κ3) is 3.79. The first kappa shape index (κ1) is 20.1. The van der Waals surface area contributed by atoms with E-state index in [1.807, 2.05) is 22.7 Å². The number of fused-ring (bicyclic) bond motifs is 3. The van der Waals surface area contributed by atoms with E-state index >= 15 is 0 Å². The van der Waals surface area contributed by atoms with Crippen LogP contribution in [0.5, 0.6) is 0 Å². The molecule has 0 amide bonds. The Balaban J connectivity index is 2.13. The first-order valence-electron chi connectivity index (χ1n) is 9.77. The minimum atomic E-state index is -0.780. The van der Waals surface area contributed by atoms with Crippen molar-refractivity contribution in [2.75, 3.05) is 18.8 Å². The third-order valence-electron chi connectivity index (χ3n) is 5.22. The van der Waals surface area contributed by atoms with Crippen LogP contribution < -0.4 is 0 Å². The van der Waals surface area contributed by atoms with Gasteiger partial charge in [0, 0.05) is 20.0 Å². The molecule has 0 unspecified atom stereocenters. The van der Waals surface area contributed by atoms with Crippen LogP contribution in [0.2, 0.25) is 0 Å². The second-order valence-corrected chi connectivity index (χ2v) is 14.5. The summed E-state index contributed by atoms with van der Waals surface area (Å²) in [6, 6.07) is 4.94. The molecule has 26 heavy (non-hydrogen) atoms. The average Bonchev–Trinajstić information content (AvgIpc) is 3.21. The van der Waals surface area contributed by atoms with Crippen molar-refractivity contribution in [2.24, 2.45) is 0 Å². The molecule has 2 heterocycles. The number of thiophene rings is 2. The fraction of sp³-hybridized carbons (Fsp3) is 0.565. The number of aryl methyl sites for hydroxylation is 1. The van der Waals surface area contributed by atoms with Gasteiger partial charge in [-0.05, 0) is 73.0 Å². The summed E-state index contributed by atoms with van der Waals surface area (Å²) in [5, 5.41) is 3.52. The van der Waals surface area contributed by atoms with Gasteiger partial charge >= 0.3 is 0 Å². The summed E-state index contributed by atoms with van der Waals surface area (Å²) in [5.41, 5.74) is 3.47. The number of rotatable bonds is 6. The molecule has 3 heteroatoms. The molecule has 2 aromatic rings. The molecule has 0 fully saturated rings. The number of unbranched alkanes of at least 4 members (excludes halogenated alkanes) is 2. The quantitative estimate of drug-likeness (QED) is 0.431. The molecule has 1 aliphatic carbocycles. The highest BCUT2D eigenvalue weighted by atomic mass is 32.3. The summed E-state index contributed by atoms with van der Waals surface area (Å²) in [5.74, 6) is 3.51. The molecule has 2 aromatic heterocycles. The fourth-order valence-electron chi connectivity index (χ4n) is 3.98. The van der Waals surface area contributed by atoms with E-state index in [2.05, 4.69) is 62.8 Å². The summed E-state index contributed by atoms with van der Waals surface area (Å²) in [4.78, 5) is 5.80. The van der Waals surface area contributed by atoms with Crippen molar-refractivity contribution in [3.05, 3.63) is 33.0 Å². The average molecular weight is 405 g/mol. The summed E-state index contributed by atoms with van der Waals surface area (Å²) < 4.78 is 0. The Morgan fingerprint density at radius 3 is 2.08 bits per heavy atom. The van der Waals surface area contributed by atoms with Crippen molar-refractivity contribution in [1.29, 1.82) is 0 Å². The van der Waals surface area contributed by atoms with Gasteiger partial charge in [-0.1, -0.05) is 39.5 Å². The monoisotopic (exact) mass is 404 g/mol. The lowest BCUT2D eigenvalue weighted by molar-refractivity contribution is 0.415. The van der Waals surface area contributed by atoms with Crippen molar-refractivity contribution in [2.45, 2.75) is 64.7 Å². The summed E-state index contributed by atoms with van der Waals surface area (Å²) in [6.07, 6.45) is 14.5. The van der Waals surface area contributed by atoms with Crippen LogP contribution in [-0.4, -0.2) is 18.8 Å². The van der Waals surface area contributed by atoms with Crippen LogP contribution in [0.25, 0.3) is 9.75 Å². The van der Waals surface area contributed by atoms with Crippen molar-refractivity contribution >= 4 is 32.7 Å². The minimum Gasteiger partial charge on any atom is -0.186 e. The van der Waals surface area contributed by atoms with Crippen molar-refractivity contribution in [3.63, 3.8) is 0 Å². The lowest BCUT2D eigenvalue weighted by atomic mass is 9.71. The zero-order chi connectivity index (χ0) is 18.9. The fourth-order valence-corrected chi connectivity index (χ4v) is 6.85. The normalized spacial score (nSPS) is 15.3. The molecule has 0 aromatic carbocycles. The highest BCUT2D eigenvalue weighted by molar-refractivity contribution is 8.36. The van der Waals surface area contributed by atoms with Crippen molar-refractivity contribution in [3.8, 4) is 20.9 Å². The first-order chi connectivity index (χ1) is 12.3. The van der Waals surface area contributed by atoms with Gasteiger partial charge in [-0.15, -0.1) is 22.7 Å². The Labute approximate surface area is 169 Å². The largest absolute Gasteiger partial charge is 0.186 e. The molecular formula is C23H32S3. The predicted octanol–water partition coefficient (Wildman–Crippen LogP) is 7.77. The van der Waals surface area contributed by atoms with E-state index < -0.39 is 10.0 Å². The number of hydrogen-bond acceptors (Lipinski definition) is 2. The maximum atomic E-state index is 3.52. The van der Waals surface area contributed by atoms with E-state index in [4.69, 9.17) is 0 Å². The molecule has 0 aliphatic heterocycles. The Hall–Kier alpha value is -0.690. The zero-order valence-corrected chi connectivity index (χ0v) is 19.6. The highest BCUT2D eigenvalue weighted by Gasteiger charge is 2.44. The van der Waals surface area contributed by atoms with Gasteiger partial charge in [0.05, 0.1) is 4.88 Å². The second kappa shape index (κ2) is 7.74. The van der Waals surface area contributed by atoms with Crippen LogP contribution in [0.1, 0.15) is 73.3 Å². The Morgan fingerprint density at radius 2 is 1.50 bits per heavy atom. The van der Waals surface area contributed by atoms with E-state index in [1.165, 1.54) is 53.2 Å². The van der Waals surface area contributed by atoms with Crippen LogP contribution >= 0.6 is 32.7 Å². The zero-order valence-electron chi connectivity index (χ0n) is 17.1. The Kier molecular flexibility index (Phi) is 5.97. The molecule has 142 valence electrons.